The first kappa shape index (κ1) is 12.6. The van der Waals surface area contributed by atoms with E-state index in [0.717, 1.165) is 6.07 Å². The van der Waals surface area contributed by atoms with Crippen LogP contribution in [0.3, 0.4) is 0 Å². The molecule has 0 unspecified atom stereocenters. The summed E-state index contributed by atoms with van der Waals surface area (Å²) >= 11 is 0. The Morgan fingerprint density at radius 2 is 2.12 bits per heavy atom. The fourth-order valence-corrected chi connectivity index (χ4v) is 1.24. The summed E-state index contributed by atoms with van der Waals surface area (Å²) in [4.78, 5) is 31.4. The first-order valence-electron chi connectivity index (χ1n) is 4.53. The summed E-state index contributed by atoms with van der Waals surface area (Å²) in [6.07, 6.45) is -0.518. The van der Waals surface area contributed by atoms with Crippen LogP contribution in [0.4, 0.5) is 5.69 Å². The number of hydrogen-bond acceptors (Lipinski definition) is 5. The Bertz CT molecular complexity index is 482. The number of ether oxygens (including phenoxy) is 1. The van der Waals surface area contributed by atoms with Crippen molar-refractivity contribution >= 4 is 17.4 Å². The van der Waals surface area contributed by atoms with Gasteiger partial charge in [-0.05, 0) is 12.1 Å². The molecule has 17 heavy (non-hydrogen) atoms. The maximum Gasteiger partial charge on any atom is 0.372 e. The van der Waals surface area contributed by atoms with E-state index in [0.29, 0.717) is 0 Å². The third-order valence-electron chi connectivity index (χ3n) is 2.08. The van der Waals surface area contributed by atoms with Crippen molar-refractivity contribution in [1.29, 1.82) is 0 Å². The number of benzene rings is 1. The monoisotopic (exact) mass is 239 g/mol. The molecule has 0 heterocycles. The number of carboxylic acid groups (broad SMARTS) is 1. The standard InChI is InChI=1S/C10H9NO6/c1-17-7-3-2-6(4-9(12)10(13)14)8(5-7)11(15)16/h2-3,5H,4H2,1H3,(H,13,14). The summed E-state index contributed by atoms with van der Waals surface area (Å²) in [6.45, 7) is 0. The van der Waals surface area contributed by atoms with Crippen LogP contribution in [0.5, 0.6) is 5.75 Å². The van der Waals surface area contributed by atoms with Crippen molar-refractivity contribution in [3.8, 4) is 5.75 Å². The Kier molecular flexibility index (Phi) is 3.76. The van der Waals surface area contributed by atoms with E-state index in [1.165, 1.54) is 19.2 Å². The molecule has 0 amide bonds. The molecule has 0 aliphatic rings. The highest BCUT2D eigenvalue weighted by atomic mass is 16.6. The predicted molar refractivity (Wildman–Crippen MR) is 56.0 cm³/mol. The van der Waals surface area contributed by atoms with Gasteiger partial charge in [0.05, 0.1) is 18.1 Å². The summed E-state index contributed by atoms with van der Waals surface area (Å²) < 4.78 is 4.81. The minimum absolute atomic E-state index is 0.0446. The van der Waals surface area contributed by atoms with Crippen LogP contribution < -0.4 is 4.74 Å². The Labute approximate surface area is 95.8 Å². The lowest BCUT2D eigenvalue weighted by molar-refractivity contribution is -0.385. The molecular formula is C10H9NO6. The first-order chi connectivity index (χ1) is 7.95. The van der Waals surface area contributed by atoms with Crippen molar-refractivity contribution in [3.63, 3.8) is 0 Å². The minimum atomic E-state index is -1.62. The molecule has 0 spiro atoms. The Morgan fingerprint density at radius 3 is 2.59 bits per heavy atom. The van der Waals surface area contributed by atoms with Crippen molar-refractivity contribution in [3.05, 3.63) is 33.9 Å². The van der Waals surface area contributed by atoms with Gasteiger partial charge >= 0.3 is 5.97 Å². The number of nitro groups is 1. The number of carboxylic acids is 1. The molecule has 0 atom stereocenters. The molecular weight excluding hydrogens is 230 g/mol. The Hall–Kier alpha value is -2.44. The Balaban J connectivity index is 3.11. The number of nitro benzene ring substituents is 1. The fourth-order valence-electron chi connectivity index (χ4n) is 1.24. The molecule has 90 valence electrons. The molecule has 7 nitrogen and oxygen atoms in total. The number of ketones is 1. The summed E-state index contributed by atoms with van der Waals surface area (Å²) in [5.41, 5.74) is -0.290. The van der Waals surface area contributed by atoms with Crippen LogP contribution in [0.15, 0.2) is 18.2 Å². The van der Waals surface area contributed by atoms with Crippen molar-refractivity contribution in [1.82, 2.24) is 0 Å². The second kappa shape index (κ2) is 5.06. The van der Waals surface area contributed by atoms with Gasteiger partial charge < -0.3 is 9.84 Å². The maximum atomic E-state index is 11.0. The summed E-state index contributed by atoms with van der Waals surface area (Å²) in [7, 11) is 1.35. The largest absolute Gasteiger partial charge is 0.497 e. The van der Waals surface area contributed by atoms with E-state index in [4.69, 9.17) is 9.84 Å². The van der Waals surface area contributed by atoms with E-state index in [-0.39, 0.29) is 17.0 Å². The SMILES string of the molecule is COc1ccc(CC(=O)C(=O)O)c([N+](=O)[O-])c1. The van der Waals surface area contributed by atoms with Gasteiger partial charge in [-0.15, -0.1) is 0 Å². The zero-order valence-corrected chi connectivity index (χ0v) is 8.87. The third-order valence-corrected chi connectivity index (χ3v) is 2.08. The van der Waals surface area contributed by atoms with Gasteiger partial charge in [0.25, 0.3) is 5.69 Å². The Morgan fingerprint density at radius 1 is 1.47 bits per heavy atom. The van der Waals surface area contributed by atoms with Crippen LogP contribution in [0.1, 0.15) is 5.56 Å². The normalized spacial score (nSPS) is 9.71. The van der Waals surface area contributed by atoms with Crippen LogP contribution in [-0.2, 0) is 16.0 Å². The van der Waals surface area contributed by atoms with Gasteiger partial charge in [0.1, 0.15) is 5.75 Å². The molecule has 7 heteroatoms. The van der Waals surface area contributed by atoms with Gasteiger partial charge in [0, 0.05) is 12.0 Å². The van der Waals surface area contributed by atoms with E-state index in [2.05, 4.69) is 0 Å². The maximum absolute atomic E-state index is 11.0. The number of Topliss-reactive ketones (excluding diaryl/α,β-unsaturated/α-hetero) is 1. The van der Waals surface area contributed by atoms with E-state index in [1.54, 1.807) is 0 Å². The zero-order chi connectivity index (χ0) is 13.0. The van der Waals surface area contributed by atoms with Gasteiger partial charge in [0.15, 0.2) is 0 Å². The van der Waals surface area contributed by atoms with Crippen molar-refractivity contribution in [2.75, 3.05) is 7.11 Å². The van der Waals surface area contributed by atoms with E-state index < -0.39 is 23.1 Å². The number of methoxy groups -OCH3 is 1. The molecule has 0 saturated heterocycles. The van der Waals surface area contributed by atoms with Gasteiger partial charge in [-0.3, -0.25) is 14.9 Å². The highest BCUT2D eigenvalue weighted by Gasteiger charge is 2.20. The fraction of sp³-hybridized carbons (Fsp3) is 0.200. The van der Waals surface area contributed by atoms with Gasteiger partial charge in [-0.25, -0.2) is 4.79 Å². The molecule has 0 aromatic heterocycles. The van der Waals surface area contributed by atoms with Gasteiger partial charge in [0.2, 0.25) is 5.78 Å². The van der Waals surface area contributed by atoms with Crippen LogP contribution >= 0.6 is 0 Å². The second-order valence-electron chi connectivity index (χ2n) is 3.16. The molecule has 1 aromatic carbocycles. The number of nitrogens with zero attached hydrogens (tertiary/aromatic N) is 1. The smallest absolute Gasteiger partial charge is 0.372 e. The lowest BCUT2D eigenvalue weighted by Crippen LogP contribution is -2.15. The van der Waals surface area contributed by atoms with Crippen molar-refractivity contribution < 1.29 is 24.4 Å². The van der Waals surface area contributed by atoms with Crippen LogP contribution in [0, 0.1) is 10.1 Å². The number of carbonyl (C=O) groups is 2. The highest BCUT2D eigenvalue weighted by molar-refractivity contribution is 6.33. The minimum Gasteiger partial charge on any atom is -0.497 e. The highest BCUT2D eigenvalue weighted by Crippen LogP contribution is 2.25. The van der Waals surface area contributed by atoms with Crippen LogP contribution in [0.2, 0.25) is 0 Å². The van der Waals surface area contributed by atoms with Crippen molar-refractivity contribution in [2.24, 2.45) is 0 Å². The van der Waals surface area contributed by atoms with E-state index in [1.807, 2.05) is 0 Å². The van der Waals surface area contributed by atoms with Gasteiger partial charge in [-0.1, -0.05) is 0 Å². The molecule has 0 aliphatic heterocycles. The number of hydrogen-bond donors (Lipinski definition) is 1. The first-order valence-corrected chi connectivity index (χ1v) is 4.53. The summed E-state index contributed by atoms with van der Waals surface area (Å²) in [5, 5.41) is 19.2. The lowest BCUT2D eigenvalue weighted by Gasteiger charge is -2.03. The molecule has 0 bridgehead atoms. The number of aliphatic carboxylic acids is 1. The number of rotatable bonds is 5. The lowest BCUT2D eigenvalue weighted by atomic mass is 10.1. The molecule has 0 fully saturated rings. The second-order valence-corrected chi connectivity index (χ2v) is 3.16. The molecule has 1 aromatic rings. The molecule has 1 rings (SSSR count). The summed E-state index contributed by atoms with van der Waals surface area (Å²) in [6, 6.07) is 3.87. The topological polar surface area (TPSA) is 107 Å². The summed E-state index contributed by atoms with van der Waals surface area (Å²) in [5.74, 6) is -2.45. The average molecular weight is 239 g/mol. The predicted octanol–water partition coefficient (Wildman–Crippen LogP) is 0.800. The van der Waals surface area contributed by atoms with Crippen LogP contribution in [-0.4, -0.2) is 28.9 Å². The molecule has 0 saturated carbocycles. The number of carbonyl (C=O) groups excluding carboxylic acids is 1. The zero-order valence-electron chi connectivity index (χ0n) is 8.87. The van der Waals surface area contributed by atoms with E-state index >= 15 is 0 Å². The molecule has 0 radical (unpaired) electrons. The van der Waals surface area contributed by atoms with E-state index in [9.17, 15) is 19.7 Å². The van der Waals surface area contributed by atoms with Gasteiger partial charge in [-0.2, -0.15) is 0 Å². The third kappa shape index (κ3) is 3.00. The quantitative estimate of drug-likeness (QED) is 0.462. The van der Waals surface area contributed by atoms with Crippen LogP contribution in [0.25, 0.3) is 0 Å². The molecule has 0 aliphatic carbocycles. The molecule has 1 N–H and O–H groups in total. The van der Waals surface area contributed by atoms with Crippen molar-refractivity contribution in [2.45, 2.75) is 6.42 Å². The average Bonchev–Trinajstić information content (AvgIpc) is 2.29.